The highest BCUT2D eigenvalue weighted by molar-refractivity contribution is 5.84. The molecule has 2 fully saturated rings. The Balaban J connectivity index is 1.60. The average molecular weight is 403 g/mol. The van der Waals surface area contributed by atoms with Gasteiger partial charge in [0, 0.05) is 6.04 Å². The minimum atomic E-state index is -1.25. The van der Waals surface area contributed by atoms with E-state index >= 15 is 0 Å². The molecule has 2 unspecified atom stereocenters. The molecule has 0 radical (unpaired) electrons. The molecule has 13 heteroatoms. The van der Waals surface area contributed by atoms with Gasteiger partial charge in [-0.3, -0.25) is 4.57 Å². The summed E-state index contributed by atoms with van der Waals surface area (Å²) in [6, 6.07) is 0.283. The van der Waals surface area contributed by atoms with Crippen molar-refractivity contribution >= 4 is 17.0 Å². The first kappa shape index (κ1) is 18.3. The molecule has 154 valence electrons. The zero-order valence-electron chi connectivity index (χ0n) is 15.4. The molecule has 29 heavy (non-hydrogen) atoms. The molecule has 0 aromatic carbocycles. The Morgan fingerprint density at radius 1 is 1.17 bits per heavy atom. The monoisotopic (exact) mass is 403 g/mol. The molecular weight excluding hydrogens is 382 g/mol. The first-order valence-electron chi connectivity index (χ1n) is 9.53. The molecule has 3 aromatic heterocycles. The Morgan fingerprint density at radius 2 is 2.00 bits per heavy atom. The van der Waals surface area contributed by atoms with Crippen LogP contribution in [-0.2, 0) is 4.74 Å². The average Bonchev–Trinajstić information content (AvgIpc) is 3.51. The van der Waals surface area contributed by atoms with Crippen molar-refractivity contribution in [2.75, 3.05) is 11.9 Å². The number of anilines is 1. The standard InChI is InChI=1S/C16H21N9O4/c26-5-8-10(27)11(28)16(29-8)25-6-17-9-12(18-7-3-1-2-4-7)19-13(20-15(9)25)14-21-23-24-22-14/h6-8,10-11,16,26-28H,1-5H2,(H,18,19,20)(H,21,22,23,24)/t8-,10-,11?,16?/m1/s1. The quantitative estimate of drug-likeness (QED) is 0.351. The lowest BCUT2D eigenvalue weighted by Crippen LogP contribution is -2.33. The van der Waals surface area contributed by atoms with Crippen molar-refractivity contribution < 1.29 is 20.1 Å². The van der Waals surface area contributed by atoms with Crippen LogP contribution in [-0.4, -0.2) is 86.4 Å². The highest BCUT2D eigenvalue weighted by Gasteiger charge is 2.44. The third-order valence-corrected chi connectivity index (χ3v) is 5.45. The number of nitrogens with one attached hydrogen (secondary N) is 2. The molecule has 3 aromatic rings. The number of imidazole rings is 1. The lowest BCUT2D eigenvalue weighted by atomic mass is 10.1. The normalized spacial score (nSPS) is 27.8. The molecule has 0 amide bonds. The second-order valence-electron chi connectivity index (χ2n) is 7.31. The summed E-state index contributed by atoms with van der Waals surface area (Å²) < 4.78 is 7.15. The SMILES string of the molecule is OC[C@H]1OC(n2cnc3c(NC4CCCC4)nc(-c4nn[nH]n4)nc32)C(O)[C@@H]1O. The first-order valence-corrected chi connectivity index (χ1v) is 9.53. The van der Waals surface area contributed by atoms with E-state index in [1.807, 2.05) is 0 Å². The van der Waals surface area contributed by atoms with E-state index in [9.17, 15) is 15.3 Å². The van der Waals surface area contributed by atoms with Gasteiger partial charge in [0.05, 0.1) is 12.9 Å². The third-order valence-electron chi connectivity index (χ3n) is 5.45. The second kappa shape index (κ2) is 7.26. The lowest BCUT2D eigenvalue weighted by molar-refractivity contribution is -0.0511. The zero-order valence-corrected chi connectivity index (χ0v) is 15.4. The highest BCUT2D eigenvalue weighted by Crippen LogP contribution is 2.33. The molecule has 1 aliphatic heterocycles. The molecule has 1 aliphatic carbocycles. The maximum Gasteiger partial charge on any atom is 0.241 e. The fourth-order valence-electron chi connectivity index (χ4n) is 3.93. The number of fused-ring (bicyclic) bond motifs is 1. The van der Waals surface area contributed by atoms with Gasteiger partial charge >= 0.3 is 0 Å². The smallest absolute Gasteiger partial charge is 0.241 e. The number of rotatable bonds is 5. The van der Waals surface area contributed by atoms with Crippen LogP contribution in [0.2, 0.25) is 0 Å². The molecule has 4 heterocycles. The van der Waals surface area contributed by atoms with E-state index in [4.69, 9.17) is 4.74 Å². The van der Waals surface area contributed by atoms with E-state index < -0.39 is 31.1 Å². The van der Waals surface area contributed by atoms with Crippen LogP contribution in [0.3, 0.4) is 0 Å². The summed E-state index contributed by atoms with van der Waals surface area (Å²) in [6.07, 6.45) is 1.52. The minimum absolute atomic E-state index is 0.218. The Morgan fingerprint density at radius 3 is 2.69 bits per heavy atom. The Hall–Kier alpha value is -2.74. The van der Waals surface area contributed by atoms with Gasteiger partial charge in [0.15, 0.2) is 23.2 Å². The number of aliphatic hydroxyl groups is 3. The van der Waals surface area contributed by atoms with Crippen molar-refractivity contribution in [3.8, 4) is 11.6 Å². The van der Waals surface area contributed by atoms with Gasteiger partial charge in [-0.2, -0.15) is 5.21 Å². The molecule has 0 spiro atoms. The topological polar surface area (TPSA) is 180 Å². The van der Waals surface area contributed by atoms with Crippen LogP contribution in [0.5, 0.6) is 0 Å². The maximum absolute atomic E-state index is 10.4. The number of aromatic nitrogens is 8. The number of aromatic amines is 1. The summed E-state index contributed by atoms with van der Waals surface area (Å²) in [7, 11) is 0. The van der Waals surface area contributed by atoms with Crippen molar-refractivity contribution in [1.29, 1.82) is 0 Å². The van der Waals surface area contributed by atoms with E-state index in [-0.39, 0.29) is 17.7 Å². The zero-order chi connectivity index (χ0) is 20.0. The van der Waals surface area contributed by atoms with Crippen molar-refractivity contribution in [3.05, 3.63) is 6.33 Å². The molecule has 1 saturated heterocycles. The molecule has 1 saturated carbocycles. The highest BCUT2D eigenvalue weighted by atomic mass is 16.6. The van der Waals surface area contributed by atoms with E-state index in [1.165, 1.54) is 10.9 Å². The van der Waals surface area contributed by atoms with Crippen LogP contribution < -0.4 is 5.32 Å². The van der Waals surface area contributed by atoms with E-state index in [0.717, 1.165) is 25.7 Å². The molecule has 2 aliphatic rings. The number of hydrogen-bond acceptors (Lipinski definition) is 11. The van der Waals surface area contributed by atoms with Gasteiger partial charge in [-0.15, -0.1) is 10.2 Å². The fraction of sp³-hybridized carbons (Fsp3) is 0.625. The largest absolute Gasteiger partial charge is 0.394 e. The van der Waals surface area contributed by atoms with Gasteiger partial charge in [0.2, 0.25) is 11.6 Å². The number of H-pyrrole nitrogens is 1. The molecule has 13 nitrogen and oxygen atoms in total. The number of nitrogens with zero attached hydrogens (tertiary/aromatic N) is 7. The van der Waals surface area contributed by atoms with E-state index in [2.05, 4.69) is 40.9 Å². The van der Waals surface area contributed by atoms with E-state index in [1.54, 1.807) is 0 Å². The Bertz CT molecular complexity index is 988. The number of tetrazole rings is 1. The van der Waals surface area contributed by atoms with Crippen LogP contribution in [0.25, 0.3) is 22.8 Å². The number of hydrogen-bond donors (Lipinski definition) is 5. The predicted octanol–water partition coefficient (Wildman–Crippen LogP) is -1.03. The minimum Gasteiger partial charge on any atom is -0.394 e. The van der Waals surface area contributed by atoms with Gasteiger partial charge in [0.25, 0.3) is 0 Å². The van der Waals surface area contributed by atoms with Crippen LogP contribution in [0.4, 0.5) is 5.82 Å². The van der Waals surface area contributed by atoms with Crippen LogP contribution in [0.15, 0.2) is 6.33 Å². The van der Waals surface area contributed by atoms with Gasteiger partial charge in [-0.25, -0.2) is 15.0 Å². The summed E-state index contributed by atoms with van der Waals surface area (Å²) in [6.45, 7) is -0.418. The summed E-state index contributed by atoms with van der Waals surface area (Å²) in [5.74, 6) is 0.989. The fourth-order valence-corrected chi connectivity index (χ4v) is 3.93. The van der Waals surface area contributed by atoms with E-state index in [0.29, 0.717) is 17.0 Å². The van der Waals surface area contributed by atoms with Crippen molar-refractivity contribution in [3.63, 3.8) is 0 Å². The molecule has 0 bridgehead atoms. The summed E-state index contributed by atoms with van der Waals surface area (Å²) >= 11 is 0. The van der Waals surface area contributed by atoms with Crippen LogP contribution >= 0.6 is 0 Å². The molecular formula is C16H21N9O4. The van der Waals surface area contributed by atoms with Gasteiger partial charge in [-0.1, -0.05) is 12.8 Å². The predicted molar refractivity (Wildman–Crippen MR) is 97.4 cm³/mol. The third kappa shape index (κ3) is 3.11. The molecule has 5 N–H and O–H groups in total. The molecule has 4 atom stereocenters. The summed E-state index contributed by atoms with van der Waals surface area (Å²) in [4.78, 5) is 13.4. The summed E-state index contributed by atoms with van der Waals surface area (Å²) in [5, 5.41) is 47.1. The van der Waals surface area contributed by atoms with Crippen molar-refractivity contribution in [1.82, 2.24) is 40.1 Å². The number of ether oxygens (including phenoxy) is 1. The molecule has 5 rings (SSSR count). The number of aliphatic hydroxyl groups excluding tert-OH is 3. The van der Waals surface area contributed by atoms with Gasteiger partial charge < -0.3 is 25.4 Å². The second-order valence-corrected chi connectivity index (χ2v) is 7.31. The Kier molecular flexibility index (Phi) is 4.58. The first-order chi connectivity index (χ1) is 14.2. The summed E-state index contributed by atoms with van der Waals surface area (Å²) in [5.41, 5.74) is 0.886. The van der Waals surface area contributed by atoms with Gasteiger partial charge in [0.1, 0.15) is 18.3 Å². The maximum atomic E-state index is 10.4. The van der Waals surface area contributed by atoms with Crippen LogP contribution in [0.1, 0.15) is 31.9 Å². The van der Waals surface area contributed by atoms with Gasteiger partial charge in [-0.05, 0) is 18.1 Å². The Labute approximate surface area is 164 Å². The lowest BCUT2D eigenvalue weighted by Gasteiger charge is -2.17. The van der Waals surface area contributed by atoms with Crippen molar-refractivity contribution in [2.24, 2.45) is 0 Å². The van der Waals surface area contributed by atoms with Crippen LogP contribution in [0, 0.1) is 0 Å². The van der Waals surface area contributed by atoms with Crippen molar-refractivity contribution in [2.45, 2.75) is 56.3 Å².